The number of hydrogen-bond donors (Lipinski definition) is 1. The highest BCUT2D eigenvalue weighted by Gasteiger charge is 2.22. The Morgan fingerprint density at radius 1 is 1.40 bits per heavy atom. The van der Waals surface area contributed by atoms with E-state index in [0.717, 1.165) is 6.42 Å². The van der Waals surface area contributed by atoms with E-state index in [4.69, 9.17) is 4.52 Å². The number of aliphatic hydroxyl groups is 1. The van der Waals surface area contributed by atoms with E-state index < -0.39 is 6.10 Å². The molecule has 2 rings (SSSR count). The summed E-state index contributed by atoms with van der Waals surface area (Å²) in [7, 11) is 0. The van der Waals surface area contributed by atoms with Crippen molar-refractivity contribution in [1.82, 2.24) is 10.1 Å². The Morgan fingerprint density at radius 2 is 2.15 bits per heavy atom. The van der Waals surface area contributed by atoms with Crippen LogP contribution in [-0.2, 0) is 5.75 Å². The highest BCUT2D eigenvalue weighted by Crippen LogP contribution is 2.26. The summed E-state index contributed by atoms with van der Waals surface area (Å²) in [4.78, 5) is 4.82. The van der Waals surface area contributed by atoms with Gasteiger partial charge in [-0.1, -0.05) is 24.2 Å². The number of aromatic nitrogens is 2. The van der Waals surface area contributed by atoms with Gasteiger partial charge in [0.1, 0.15) is 5.82 Å². The number of hydrogen-bond acceptors (Lipinski definition) is 5. The maximum absolute atomic E-state index is 13.5. The fourth-order valence-electron chi connectivity index (χ4n) is 1.90. The zero-order chi connectivity index (χ0) is 14.5. The van der Waals surface area contributed by atoms with Crippen LogP contribution in [0.4, 0.5) is 4.39 Å². The topological polar surface area (TPSA) is 59.2 Å². The molecule has 0 amide bonds. The van der Waals surface area contributed by atoms with Crippen LogP contribution < -0.4 is 0 Å². The van der Waals surface area contributed by atoms with E-state index >= 15 is 0 Å². The summed E-state index contributed by atoms with van der Waals surface area (Å²) >= 11 is 1.32. The monoisotopic (exact) mass is 296 g/mol. The summed E-state index contributed by atoms with van der Waals surface area (Å²) in [6.45, 7) is 3.65. The number of halogens is 1. The molecule has 1 aromatic heterocycles. The summed E-state index contributed by atoms with van der Waals surface area (Å²) < 4.78 is 18.6. The first-order valence-corrected chi connectivity index (χ1v) is 7.48. The molecule has 108 valence electrons. The molecule has 0 saturated carbocycles. The average Bonchev–Trinajstić information content (AvgIpc) is 2.87. The molecule has 0 spiro atoms. The van der Waals surface area contributed by atoms with E-state index in [1.165, 1.54) is 17.8 Å². The molecule has 1 aromatic carbocycles. The van der Waals surface area contributed by atoms with Gasteiger partial charge in [-0.2, -0.15) is 4.98 Å². The van der Waals surface area contributed by atoms with Crippen LogP contribution in [0.1, 0.15) is 37.9 Å². The molecule has 4 nitrogen and oxygen atoms in total. The maximum atomic E-state index is 13.5. The lowest BCUT2D eigenvalue weighted by atomic mass is 10.0. The van der Waals surface area contributed by atoms with Crippen LogP contribution in [0.25, 0.3) is 0 Å². The van der Waals surface area contributed by atoms with Crippen molar-refractivity contribution in [1.29, 1.82) is 0 Å². The minimum absolute atomic E-state index is 0.158. The average molecular weight is 296 g/mol. The summed E-state index contributed by atoms with van der Waals surface area (Å²) in [6.07, 6.45) is 0.187. The van der Waals surface area contributed by atoms with Crippen LogP contribution >= 0.6 is 11.8 Å². The van der Waals surface area contributed by atoms with Gasteiger partial charge >= 0.3 is 0 Å². The Bertz CT molecular complexity index is 560. The molecule has 0 aliphatic carbocycles. The summed E-state index contributed by atoms with van der Waals surface area (Å²) in [5.41, 5.74) is 0. The Hall–Kier alpha value is -1.40. The van der Waals surface area contributed by atoms with E-state index in [1.54, 1.807) is 25.1 Å². The van der Waals surface area contributed by atoms with Crippen molar-refractivity contribution in [3.8, 4) is 0 Å². The van der Waals surface area contributed by atoms with E-state index in [9.17, 15) is 9.50 Å². The maximum Gasteiger partial charge on any atom is 0.232 e. The van der Waals surface area contributed by atoms with Crippen LogP contribution in [0, 0.1) is 5.82 Å². The van der Waals surface area contributed by atoms with Crippen molar-refractivity contribution in [3.05, 3.63) is 41.8 Å². The lowest BCUT2D eigenvalue weighted by Gasteiger charge is -2.12. The molecule has 0 fully saturated rings. The van der Waals surface area contributed by atoms with Crippen molar-refractivity contribution < 1.29 is 14.0 Å². The molecule has 2 aromatic rings. The molecule has 2 atom stereocenters. The Morgan fingerprint density at radius 3 is 2.80 bits per heavy atom. The molecule has 2 unspecified atom stereocenters. The molecule has 1 heterocycles. The van der Waals surface area contributed by atoms with Crippen molar-refractivity contribution in [2.45, 2.75) is 42.9 Å². The van der Waals surface area contributed by atoms with Gasteiger partial charge in [-0.3, -0.25) is 0 Å². The molecule has 0 bridgehead atoms. The van der Waals surface area contributed by atoms with Crippen molar-refractivity contribution in [2.24, 2.45) is 0 Å². The Balaban J connectivity index is 2.01. The highest BCUT2D eigenvalue weighted by molar-refractivity contribution is 7.98. The third-order valence-electron chi connectivity index (χ3n) is 3.02. The number of nitrogens with zero attached hydrogens (tertiary/aromatic N) is 2. The van der Waals surface area contributed by atoms with Gasteiger partial charge in [-0.05, 0) is 25.5 Å². The van der Waals surface area contributed by atoms with Crippen LogP contribution in [0.3, 0.4) is 0 Å². The van der Waals surface area contributed by atoms with Crippen LogP contribution in [0.2, 0.25) is 0 Å². The van der Waals surface area contributed by atoms with Crippen molar-refractivity contribution >= 4 is 11.8 Å². The predicted molar refractivity (Wildman–Crippen MR) is 75.0 cm³/mol. The first-order chi connectivity index (χ1) is 9.61. The number of thioether (sulfide) groups is 1. The molecule has 6 heteroatoms. The van der Waals surface area contributed by atoms with Crippen molar-refractivity contribution in [3.63, 3.8) is 0 Å². The van der Waals surface area contributed by atoms with Gasteiger partial charge in [0.15, 0.2) is 5.82 Å². The minimum Gasteiger partial charge on any atom is -0.393 e. The largest absolute Gasteiger partial charge is 0.393 e. The summed E-state index contributed by atoms with van der Waals surface area (Å²) in [5.74, 6) is 0.964. The molecule has 1 N–H and O–H groups in total. The third kappa shape index (κ3) is 3.58. The number of rotatable bonds is 6. The fraction of sp³-hybridized carbons (Fsp3) is 0.429. The van der Waals surface area contributed by atoms with Gasteiger partial charge in [0.05, 0.1) is 17.8 Å². The lowest BCUT2D eigenvalue weighted by molar-refractivity contribution is 0.141. The van der Waals surface area contributed by atoms with E-state index in [-0.39, 0.29) is 11.7 Å². The van der Waals surface area contributed by atoms with Gasteiger partial charge in [0.2, 0.25) is 5.89 Å². The third-order valence-corrected chi connectivity index (χ3v) is 4.06. The van der Waals surface area contributed by atoms with Gasteiger partial charge in [-0.25, -0.2) is 4.39 Å². The lowest BCUT2D eigenvalue weighted by Crippen LogP contribution is -2.14. The molecule has 0 aliphatic heterocycles. The molecule has 0 saturated heterocycles. The number of benzene rings is 1. The van der Waals surface area contributed by atoms with Crippen LogP contribution in [0.15, 0.2) is 33.7 Å². The Kier molecular flexibility index (Phi) is 5.14. The van der Waals surface area contributed by atoms with Gasteiger partial charge in [0, 0.05) is 4.90 Å². The van der Waals surface area contributed by atoms with E-state index in [0.29, 0.717) is 22.4 Å². The van der Waals surface area contributed by atoms with Crippen LogP contribution in [0.5, 0.6) is 0 Å². The molecule has 0 radical (unpaired) electrons. The normalized spacial score (nSPS) is 14.2. The quantitative estimate of drug-likeness (QED) is 0.828. The fourth-order valence-corrected chi connectivity index (χ4v) is 2.69. The summed E-state index contributed by atoms with van der Waals surface area (Å²) in [6, 6.07) is 6.57. The second kappa shape index (κ2) is 6.85. The molecule has 0 aliphatic rings. The zero-order valence-electron chi connectivity index (χ0n) is 11.4. The first kappa shape index (κ1) is 15.0. The SMILES string of the molecule is CCC(c1nc(CSc2ccccc2F)no1)C(C)O. The predicted octanol–water partition coefficient (Wildman–Crippen LogP) is 3.38. The standard InChI is InChI=1S/C14H17FN2O2S/c1-3-10(9(2)18)14-16-13(17-19-14)8-20-12-7-5-4-6-11(12)15/h4-7,9-10,18H,3,8H2,1-2H3. The smallest absolute Gasteiger partial charge is 0.232 e. The highest BCUT2D eigenvalue weighted by atomic mass is 32.2. The minimum atomic E-state index is -0.535. The molecular weight excluding hydrogens is 279 g/mol. The van der Waals surface area contributed by atoms with Gasteiger partial charge in [-0.15, -0.1) is 11.8 Å². The van der Waals surface area contributed by atoms with E-state index in [1.807, 2.05) is 6.92 Å². The van der Waals surface area contributed by atoms with Gasteiger partial charge in [0.25, 0.3) is 0 Å². The van der Waals surface area contributed by atoms with Crippen LogP contribution in [-0.4, -0.2) is 21.4 Å². The zero-order valence-corrected chi connectivity index (χ0v) is 12.2. The van der Waals surface area contributed by atoms with Gasteiger partial charge < -0.3 is 9.63 Å². The Labute approximate surface area is 121 Å². The van der Waals surface area contributed by atoms with Crippen molar-refractivity contribution in [2.75, 3.05) is 0 Å². The second-order valence-electron chi connectivity index (χ2n) is 4.52. The second-order valence-corrected chi connectivity index (χ2v) is 5.54. The first-order valence-electron chi connectivity index (χ1n) is 6.49. The molecule has 20 heavy (non-hydrogen) atoms. The number of aliphatic hydroxyl groups excluding tert-OH is 1. The van der Waals surface area contributed by atoms with E-state index in [2.05, 4.69) is 10.1 Å². The summed E-state index contributed by atoms with van der Waals surface area (Å²) in [5, 5.41) is 13.5. The molecular formula is C14H17FN2O2S.